The molecule has 4 atom stereocenters. The summed E-state index contributed by atoms with van der Waals surface area (Å²) in [6.45, 7) is 0.948. The minimum Gasteiger partial charge on any atom is -0.390 e. The van der Waals surface area contributed by atoms with Crippen LogP contribution in [0.15, 0.2) is 0 Å². The van der Waals surface area contributed by atoms with Gasteiger partial charge in [-0.2, -0.15) is 0 Å². The Bertz CT molecular complexity index is 122. The SMILES string of the molecule is O[C@@H]1[C@H]2CCN[C@H](C2)[C@@H]1O. The van der Waals surface area contributed by atoms with Gasteiger partial charge in [-0.3, -0.25) is 0 Å². The Morgan fingerprint density at radius 1 is 1.20 bits per heavy atom. The molecule has 3 nitrogen and oxygen atoms in total. The molecular weight excluding hydrogens is 130 g/mol. The predicted octanol–water partition coefficient (Wildman–Crippen LogP) is -0.910. The summed E-state index contributed by atoms with van der Waals surface area (Å²) >= 11 is 0. The summed E-state index contributed by atoms with van der Waals surface area (Å²) in [6, 6.07) is 0.161. The first-order valence-corrected chi connectivity index (χ1v) is 3.88. The average Bonchev–Trinajstić information content (AvgIpc) is 2.17. The third-order valence-corrected chi connectivity index (χ3v) is 2.72. The van der Waals surface area contributed by atoms with Crippen LogP contribution in [-0.2, 0) is 0 Å². The molecule has 1 saturated heterocycles. The van der Waals surface area contributed by atoms with Crippen molar-refractivity contribution >= 4 is 0 Å². The lowest BCUT2D eigenvalue weighted by Gasteiger charge is -2.19. The van der Waals surface area contributed by atoms with E-state index in [9.17, 15) is 10.2 Å². The summed E-state index contributed by atoms with van der Waals surface area (Å²) in [7, 11) is 0. The highest BCUT2D eigenvalue weighted by Gasteiger charge is 2.43. The second kappa shape index (κ2) is 2.19. The van der Waals surface area contributed by atoms with Gasteiger partial charge in [-0.15, -0.1) is 0 Å². The van der Waals surface area contributed by atoms with Gasteiger partial charge in [-0.25, -0.2) is 0 Å². The van der Waals surface area contributed by atoms with Gasteiger partial charge in [-0.1, -0.05) is 0 Å². The Kier molecular flexibility index (Phi) is 1.44. The minimum absolute atomic E-state index is 0.161. The molecule has 1 aliphatic heterocycles. The van der Waals surface area contributed by atoms with E-state index in [1.165, 1.54) is 0 Å². The Balaban J connectivity index is 2.13. The summed E-state index contributed by atoms with van der Waals surface area (Å²) in [5.74, 6) is 0.348. The first-order chi connectivity index (χ1) is 4.79. The molecule has 2 aliphatic rings. The van der Waals surface area contributed by atoms with Crippen molar-refractivity contribution in [1.82, 2.24) is 5.32 Å². The Labute approximate surface area is 60.1 Å². The van der Waals surface area contributed by atoms with E-state index in [1.54, 1.807) is 0 Å². The van der Waals surface area contributed by atoms with Gasteiger partial charge < -0.3 is 15.5 Å². The van der Waals surface area contributed by atoms with Gasteiger partial charge in [0, 0.05) is 6.04 Å². The molecule has 10 heavy (non-hydrogen) atoms. The molecule has 0 aromatic carbocycles. The standard InChI is InChI=1S/C7H13NO2/c9-6-4-1-2-8-5(3-4)7(6)10/h4-10H,1-3H2/t4-,5+,6+,7-/m0/s1. The van der Waals surface area contributed by atoms with E-state index in [0.29, 0.717) is 5.92 Å². The molecule has 3 heteroatoms. The number of aliphatic hydroxyl groups is 2. The van der Waals surface area contributed by atoms with Crippen molar-refractivity contribution < 1.29 is 10.2 Å². The van der Waals surface area contributed by atoms with Crippen LogP contribution in [0.25, 0.3) is 0 Å². The van der Waals surface area contributed by atoms with Gasteiger partial charge in [0.15, 0.2) is 0 Å². The van der Waals surface area contributed by atoms with Crippen LogP contribution in [-0.4, -0.2) is 35.0 Å². The fourth-order valence-corrected chi connectivity index (χ4v) is 2.07. The van der Waals surface area contributed by atoms with Crippen LogP contribution in [0.4, 0.5) is 0 Å². The first kappa shape index (κ1) is 6.58. The topological polar surface area (TPSA) is 52.5 Å². The molecule has 1 aliphatic carbocycles. The maximum Gasteiger partial charge on any atom is 0.0954 e. The molecule has 2 fully saturated rings. The van der Waals surface area contributed by atoms with Crippen LogP contribution in [0.5, 0.6) is 0 Å². The fourth-order valence-electron chi connectivity index (χ4n) is 2.07. The predicted molar refractivity (Wildman–Crippen MR) is 36.5 cm³/mol. The van der Waals surface area contributed by atoms with E-state index in [2.05, 4.69) is 5.32 Å². The van der Waals surface area contributed by atoms with Gasteiger partial charge in [0.2, 0.25) is 0 Å². The molecular formula is C7H13NO2. The number of nitrogens with one attached hydrogen (secondary N) is 1. The van der Waals surface area contributed by atoms with Crippen LogP contribution < -0.4 is 5.32 Å². The third kappa shape index (κ3) is 0.779. The summed E-state index contributed by atoms with van der Waals surface area (Å²) in [4.78, 5) is 0. The first-order valence-electron chi connectivity index (χ1n) is 3.88. The maximum atomic E-state index is 9.38. The molecule has 58 valence electrons. The largest absolute Gasteiger partial charge is 0.390 e. The lowest BCUT2D eigenvalue weighted by molar-refractivity contribution is 0.0183. The Morgan fingerprint density at radius 2 is 2.00 bits per heavy atom. The van der Waals surface area contributed by atoms with Crippen LogP contribution >= 0.6 is 0 Å². The molecule has 1 saturated carbocycles. The molecule has 0 spiro atoms. The summed E-state index contributed by atoms with van der Waals surface area (Å²) in [5, 5.41) is 21.9. The van der Waals surface area contributed by atoms with Crippen molar-refractivity contribution in [2.75, 3.05) is 6.54 Å². The van der Waals surface area contributed by atoms with E-state index in [4.69, 9.17) is 0 Å². The second-order valence-corrected chi connectivity index (χ2v) is 3.33. The number of fused-ring (bicyclic) bond motifs is 2. The van der Waals surface area contributed by atoms with Crippen molar-refractivity contribution in [3.63, 3.8) is 0 Å². The number of hydrogen-bond acceptors (Lipinski definition) is 3. The summed E-state index contributed by atoms with van der Waals surface area (Å²) in [5.41, 5.74) is 0. The van der Waals surface area contributed by atoms with Crippen molar-refractivity contribution in [3.05, 3.63) is 0 Å². The van der Waals surface area contributed by atoms with Crippen LogP contribution in [0.3, 0.4) is 0 Å². The van der Waals surface area contributed by atoms with Crippen LogP contribution in [0, 0.1) is 5.92 Å². The molecule has 0 aromatic heterocycles. The van der Waals surface area contributed by atoms with Crippen molar-refractivity contribution in [3.8, 4) is 0 Å². The average molecular weight is 143 g/mol. The number of hydrogen-bond donors (Lipinski definition) is 3. The number of aliphatic hydroxyl groups excluding tert-OH is 2. The molecule has 0 aromatic rings. The van der Waals surface area contributed by atoms with Crippen molar-refractivity contribution in [2.45, 2.75) is 31.1 Å². The van der Waals surface area contributed by atoms with Gasteiger partial charge in [0.25, 0.3) is 0 Å². The number of piperidine rings is 1. The van der Waals surface area contributed by atoms with Crippen LogP contribution in [0.2, 0.25) is 0 Å². The zero-order valence-electron chi connectivity index (χ0n) is 5.83. The number of rotatable bonds is 0. The van der Waals surface area contributed by atoms with Gasteiger partial charge in [-0.05, 0) is 25.3 Å². The van der Waals surface area contributed by atoms with Gasteiger partial charge >= 0.3 is 0 Å². The van der Waals surface area contributed by atoms with Gasteiger partial charge in [0.1, 0.15) is 0 Å². The zero-order chi connectivity index (χ0) is 7.14. The Hall–Kier alpha value is -0.120. The molecule has 0 amide bonds. The van der Waals surface area contributed by atoms with E-state index in [-0.39, 0.29) is 6.04 Å². The maximum absolute atomic E-state index is 9.38. The minimum atomic E-state index is -0.521. The highest BCUT2D eigenvalue weighted by Crippen LogP contribution is 2.31. The molecule has 2 bridgehead atoms. The molecule has 0 radical (unpaired) electrons. The molecule has 3 N–H and O–H groups in total. The fraction of sp³-hybridized carbons (Fsp3) is 1.00. The van der Waals surface area contributed by atoms with Crippen molar-refractivity contribution in [2.24, 2.45) is 5.92 Å². The van der Waals surface area contributed by atoms with E-state index >= 15 is 0 Å². The quantitative estimate of drug-likeness (QED) is 0.411. The lowest BCUT2D eigenvalue weighted by atomic mass is 9.99. The normalized spacial score (nSPS) is 53.4. The van der Waals surface area contributed by atoms with Crippen LogP contribution in [0.1, 0.15) is 12.8 Å². The molecule has 0 unspecified atom stereocenters. The Morgan fingerprint density at radius 3 is 2.60 bits per heavy atom. The summed E-state index contributed by atoms with van der Waals surface area (Å²) < 4.78 is 0. The second-order valence-electron chi connectivity index (χ2n) is 3.33. The van der Waals surface area contributed by atoms with Gasteiger partial charge in [0.05, 0.1) is 12.2 Å². The highest BCUT2D eigenvalue weighted by molar-refractivity contribution is 4.98. The third-order valence-electron chi connectivity index (χ3n) is 2.72. The summed E-state index contributed by atoms with van der Waals surface area (Å²) in [6.07, 6.45) is 0.962. The van der Waals surface area contributed by atoms with Crippen molar-refractivity contribution in [1.29, 1.82) is 0 Å². The molecule has 1 heterocycles. The monoisotopic (exact) mass is 143 g/mol. The van der Waals surface area contributed by atoms with E-state index < -0.39 is 12.2 Å². The smallest absolute Gasteiger partial charge is 0.0954 e. The van der Waals surface area contributed by atoms with E-state index in [1.807, 2.05) is 0 Å². The lowest BCUT2D eigenvalue weighted by Crippen LogP contribution is -2.39. The van der Waals surface area contributed by atoms with E-state index in [0.717, 1.165) is 19.4 Å². The molecule has 2 rings (SSSR count). The zero-order valence-corrected chi connectivity index (χ0v) is 5.83. The highest BCUT2D eigenvalue weighted by atomic mass is 16.3.